The summed E-state index contributed by atoms with van der Waals surface area (Å²) in [6.07, 6.45) is 1.74. The van der Waals surface area contributed by atoms with Crippen LogP contribution in [0, 0.1) is 0 Å². The Hall–Kier alpha value is -2.69. The first-order valence-electron chi connectivity index (χ1n) is 7.72. The highest BCUT2D eigenvalue weighted by molar-refractivity contribution is 5.92. The molecule has 5 nitrogen and oxygen atoms in total. The molecule has 24 heavy (non-hydrogen) atoms. The SMILES string of the molecule is CN(Cc1ccc(C(=O)O)cc1)C(=O)c1ccc(C(C)(C)C)cn1. The van der Waals surface area contributed by atoms with Crippen LogP contribution in [0.15, 0.2) is 42.6 Å². The fraction of sp³-hybridized carbons (Fsp3) is 0.316. The van der Waals surface area contributed by atoms with Crippen LogP contribution in [-0.2, 0) is 12.0 Å². The van der Waals surface area contributed by atoms with E-state index in [9.17, 15) is 9.59 Å². The number of benzene rings is 1. The van der Waals surface area contributed by atoms with Crippen molar-refractivity contribution in [2.45, 2.75) is 32.7 Å². The molecule has 1 N–H and O–H groups in total. The second kappa shape index (κ2) is 6.83. The predicted octanol–water partition coefficient (Wildman–Crippen LogP) is 3.35. The first kappa shape index (κ1) is 17.7. The topological polar surface area (TPSA) is 70.5 Å². The van der Waals surface area contributed by atoms with Crippen LogP contribution in [0.25, 0.3) is 0 Å². The number of carbonyl (C=O) groups is 2. The molecule has 1 heterocycles. The molecule has 0 saturated carbocycles. The molecule has 1 aromatic carbocycles. The molecule has 0 saturated heterocycles. The summed E-state index contributed by atoms with van der Waals surface area (Å²) in [6, 6.07) is 10.2. The van der Waals surface area contributed by atoms with E-state index < -0.39 is 5.97 Å². The Morgan fingerprint density at radius 1 is 1.08 bits per heavy atom. The quantitative estimate of drug-likeness (QED) is 0.935. The molecule has 126 valence electrons. The Morgan fingerprint density at radius 3 is 2.17 bits per heavy atom. The second-order valence-corrected chi connectivity index (χ2v) is 6.85. The third kappa shape index (κ3) is 4.19. The summed E-state index contributed by atoms with van der Waals surface area (Å²) in [7, 11) is 1.70. The van der Waals surface area contributed by atoms with E-state index in [-0.39, 0.29) is 16.9 Å². The van der Waals surface area contributed by atoms with Gasteiger partial charge in [0.05, 0.1) is 5.56 Å². The lowest BCUT2D eigenvalue weighted by Gasteiger charge is -2.20. The number of aromatic carboxylic acids is 1. The maximum absolute atomic E-state index is 12.5. The van der Waals surface area contributed by atoms with Gasteiger partial charge in [0.25, 0.3) is 5.91 Å². The van der Waals surface area contributed by atoms with Gasteiger partial charge in [0, 0.05) is 19.8 Å². The molecule has 0 bridgehead atoms. The van der Waals surface area contributed by atoms with E-state index >= 15 is 0 Å². The van der Waals surface area contributed by atoms with E-state index in [2.05, 4.69) is 25.8 Å². The minimum atomic E-state index is -0.964. The molecule has 2 rings (SSSR count). The van der Waals surface area contributed by atoms with E-state index in [1.807, 2.05) is 6.07 Å². The second-order valence-electron chi connectivity index (χ2n) is 6.85. The normalized spacial score (nSPS) is 11.2. The van der Waals surface area contributed by atoms with Gasteiger partial charge in [-0.05, 0) is 34.7 Å². The number of pyridine rings is 1. The number of aromatic nitrogens is 1. The summed E-state index contributed by atoms with van der Waals surface area (Å²) in [5, 5.41) is 8.90. The van der Waals surface area contributed by atoms with Gasteiger partial charge in [0.2, 0.25) is 0 Å². The molecule has 0 fully saturated rings. The number of rotatable bonds is 4. The van der Waals surface area contributed by atoms with E-state index in [0.717, 1.165) is 11.1 Å². The molecular formula is C19H22N2O3. The smallest absolute Gasteiger partial charge is 0.335 e. The third-order valence-electron chi connectivity index (χ3n) is 3.82. The van der Waals surface area contributed by atoms with Gasteiger partial charge in [0.15, 0.2) is 0 Å². The first-order valence-corrected chi connectivity index (χ1v) is 7.72. The molecule has 1 amide bonds. The van der Waals surface area contributed by atoms with Crippen LogP contribution in [0.5, 0.6) is 0 Å². The van der Waals surface area contributed by atoms with Gasteiger partial charge in [-0.1, -0.05) is 39.0 Å². The lowest BCUT2D eigenvalue weighted by molar-refractivity contribution is 0.0695. The van der Waals surface area contributed by atoms with Crippen LogP contribution in [0.2, 0.25) is 0 Å². The number of carboxylic acids is 1. The Morgan fingerprint density at radius 2 is 1.71 bits per heavy atom. The molecule has 0 aliphatic carbocycles. The van der Waals surface area contributed by atoms with Gasteiger partial charge in [-0.2, -0.15) is 0 Å². The summed E-state index contributed by atoms with van der Waals surface area (Å²) in [5.74, 6) is -1.13. The summed E-state index contributed by atoms with van der Waals surface area (Å²) < 4.78 is 0. The number of amides is 1. The Kier molecular flexibility index (Phi) is 5.02. The highest BCUT2D eigenvalue weighted by atomic mass is 16.4. The maximum atomic E-state index is 12.5. The molecule has 1 aromatic heterocycles. The lowest BCUT2D eigenvalue weighted by atomic mass is 9.88. The maximum Gasteiger partial charge on any atom is 0.335 e. The van der Waals surface area contributed by atoms with Gasteiger partial charge in [-0.15, -0.1) is 0 Å². The lowest BCUT2D eigenvalue weighted by Crippen LogP contribution is -2.27. The third-order valence-corrected chi connectivity index (χ3v) is 3.82. The van der Waals surface area contributed by atoms with Crippen LogP contribution in [0.3, 0.4) is 0 Å². The fourth-order valence-corrected chi connectivity index (χ4v) is 2.26. The monoisotopic (exact) mass is 326 g/mol. The van der Waals surface area contributed by atoms with Crippen molar-refractivity contribution in [1.82, 2.24) is 9.88 Å². The van der Waals surface area contributed by atoms with Crippen molar-refractivity contribution < 1.29 is 14.7 Å². The molecular weight excluding hydrogens is 304 g/mol. The fourth-order valence-electron chi connectivity index (χ4n) is 2.26. The predicted molar refractivity (Wildman–Crippen MR) is 92.1 cm³/mol. The van der Waals surface area contributed by atoms with Crippen molar-refractivity contribution in [3.05, 3.63) is 65.0 Å². The number of carboxylic acid groups (broad SMARTS) is 1. The molecule has 0 aliphatic heterocycles. The summed E-state index contributed by atoms with van der Waals surface area (Å²) in [5.41, 5.74) is 2.56. The number of nitrogens with zero attached hydrogens (tertiary/aromatic N) is 2. The zero-order chi connectivity index (χ0) is 17.9. The zero-order valence-electron chi connectivity index (χ0n) is 14.4. The average Bonchev–Trinajstić information content (AvgIpc) is 2.54. The number of hydrogen-bond acceptors (Lipinski definition) is 3. The summed E-state index contributed by atoms with van der Waals surface area (Å²) in [4.78, 5) is 29.1. The van der Waals surface area contributed by atoms with E-state index in [0.29, 0.717) is 12.2 Å². The average molecular weight is 326 g/mol. The van der Waals surface area contributed by atoms with E-state index in [4.69, 9.17) is 5.11 Å². The highest BCUT2D eigenvalue weighted by Gasteiger charge is 2.17. The van der Waals surface area contributed by atoms with E-state index in [1.165, 1.54) is 12.1 Å². The minimum Gasteiger partial charge on any atom is -0.478 e. The number of hydrogen-bond donors (Lipinski definition) is 1. The standard InChI is InChI=1S/C19H22N2O3/c1-19(2,3)15-9-10-16(20-11-15)17(22)21(4)12-13-5-7-14(8-6-13)18(23)24/h5-11H,12H2,1-4H3,(H,23,24). The summed E-state index contributed by atoms with van der Waals surface area (Å²) in [6.45, 7) is 6.68. The van der Waals surface area contributed by atoms with Crippen LogP contribution in [0.1, 0.15) is 52.7 Å². The number of carbonyl (C=O) groups excluding carboxylic acids is 1. The Bertz CT molecular complexity index is 729. The molecule has 5 heteroatoms. The molecule has 0 spiro atoms. The minimum absolute atomic E-state index is 0.00757. The van der Waals surface area contributed by atoms with Crippen molar-refractivity contribution in [3.63, 3.8) is 0 Å². The van der Waals surface area contributed by atoms with Crippen molar-refractivity contribution in [3.8, 4) is 0 Å². The first-order chi connectivity index (χ1) is 11.2. The Balaban J connectivity index is 2.07. The molecule has 0 radical (unpaired) electrons. The molecule has 0 unspecified atom stereocenters. The molecule has 2 aromatic rings. The van der Waals surface area contributed by atoms with Gasteiger partial charge < -0.3 is 10.0 Å². The van der Waals surface area contributed by atoms with Crippen molar-refractivity contribution in [1.29, 1.82) is 0 Å². The molecule has 0 atom stereocenters. The van der Waals surface area contributed by atoms with Crippen molar-refractivity contribution in [2.75, 3.05) is 7.05 Å². The van der Waals surface area contributed by atoms with Crippen LogP contribution in [-0.4, -0.2) is 33.9 Å². The molecule has 0 aliphatic rings. The van der Waals surface area contributed by atoms with Gasteiger partial charge in [-0.25, -0.2) is 4.79 Å². The van der Waals surface area contributed by atoms with Gasteiger partial charge >= 0.3 is 5.97 Å². The largest absolute Gasteiger partial charge is 0.478 e. The van der Waals surface area contributed by atoms with Gasteiger partial charge in [0.1, 0.15) is 5.69 Å². The van der Waals surface area contributed by atoms with Crippen molar-refractivity contribution >= 4 is 11.9 Å². The van der Waals surface area contributed by atoms with Crippen LogP contribution >= 0.6 is 0 Å². The van der Waals surface area contributed by atoms with Crippen molar-refractivity contribution in [2.24, 2.45) is 0 Å². The summed E-state index contributed by atoms with van der Waals surface area (Å²) >= 11 is 0. The highest BCUT2D eigenvalue weighted by Crippen LogP contribution is 2.21. The van der Waals surface area contributed by atoms with Crippen LogP contribution < -0.4 is 0 Å². The zero-order valence-corrected chi connectivity index (χ0v) is 14.4. The van der Waals surface area contributed by atoms with Crippen LogP contribution in [0.4, 0.5) is 0 Å². The van der Waals surface area contributed by atoms with E-state index in [1.54, 1.807) is 36.3 Å². The Labute approximate surface area is 142 Å². The van der Waals surface area contributed by atoms with Gasteiger partial charge in [-0.3, -0.25) is 9.78 Å².